The van der Waals surface area contributed by atoms with Crippen molar-refractivity contribution >= 4 is 27.3 Å². The number of pyridine rings is 1. The molecular formula is C16H18ClN3O2S. The SMILES string of the molecule is Cc1cccnc1S(=O)(=O)Nc1c(Cl)ccc2c1CN(C)CC2. The van der Waals surface area contributed by atoms with E-state index in [0.717, 1.165) is 24.1 Å². The van der Waals surface area contributed by atoms with Crippen molar-refractivity contribution in [2.75, 3.05) is 18.3 Å². The van der Waals surface area contributed by atoms with E-state index in [1.165, 1.54) is 6.20 Å². The quantitative estimate of drug-likeness (QED) is 0.923. The van der Waals surface area contributed by atoms with Crippen molar-refractivity contribution in [2.24, 2.45) is 0 Å². The maximum atomic E-state index is 12.7. The fourth-order valence-electron chi connectivity index (χ4n) is 2.78. The molecule has 2 heterocycles. The first-order valence-corrected chi connectivity index (χ1v) is 9.18. The minimum absolute atomic E-state index is 0.0258. The number of rotatable bonds is 3. The zero-order valence-corrected chi connectivity index (χ0v) is 14.6. The van der Waals surface area contributed by atoms with Gasteiger partial charge in [0.05, 0.1) is 10.7 Å². The lowest BCUT2D eigenvalue weighted by Crippen LogP contribution is -2.28. The number of sulfonamides is 1. The van der Waals surface area contributed by atoms with Crippen LogP contribution in [-0.2, 0) is 23.0 Å². The molecule has 5 nitrogen and oxygen atoms in total. The van der Waals surface area contributed by atoms with Gasteiger partial charge in [-0.3, -0.25) is 4.72 Å². The number of aromatic nitrogens is 1. The first-order valence-electron chi connectivity index (χ1n) is 7.32. The minimum Gasteiger partial charge on any atom is -0.302 e. The average Bonchev–Trinajstić information content (AvgIpc) is 2.50. The maximum Gasteiger partial charge on any atom is 0.279 e. The Hall–Kier alpha value is -1.63. The van der Waals surface area contributed by atoms with Crippen LogP contribution in [0.4, 0.5) is 5.69 Å². The van der Waals surface area contributed by atoms with E-state index in [9.17, 15) is 8.42 Å². The molecule has 1 aromatic carbocycles. The van der Waals surface area contributed by atoms with Crippen molar-refractivity contribution in [3.8, 4) is 0 Å². The number of aryl methyl sites for hydroxylation is 1. The predicted octanol–water partition coefficient (Wildman–Crippen LogP) is 2.83. The number of likely N-dealkylation sites (N-methyl/N-ethyl adjacent to an activating group) is 1. The zero-order chi connectivity index (χ0) is 16.6. The second-order valence-electron chi connectivity index (χ2n) is 5.78. The monoisotopic (exact) mass is 351 g/mol. The molecule has 0 amide bonds. The third-order valence-electron chi connectivity index (χ3n) is 4.00. The molecule has 1 aliphatic rings. The second kappa shape index (κ2) is 6.11. The number of halogens is 1. The van der Waals surface area contributed by atoms with Gasteiger partial charge in [0, 0.05) is 19.3 Å². The molecule has 23 heavy (non-hydrogen) atoms. The van der Waals surface area contributed by atoms with E-state index in [1.54, 1.807) is 25.1 Å². The molecule has 0 spiro atoms. The molecule has 0 radical (unpaired) electrons. The van der Waals surface area contributed by atoms with Crippen LogP contribution in [0.3, 0.4) is 0 Å². The summed E-state index contributed by atoms with van der Waals surface area (Å²) in [6, 6.07) is 7.14. The van der Waals surface area contributed by atoms with E-state index >= 15 is 0 Å². The summed E-state index contributed by atoms with van der Waals surface area (Å²) >= 11 is 6.28. The zero-order valence-electron chi connectivity index (χ0n) is 13.0. The average molecular weight is 352 g/mol. The molecule has 1 aromatic heterocycles. The summed E-state index contributed by atoms with van der Waals surface area (Å²) in [5.74, 6) is 0. The minimum atomic E-state index is -3.78. The molecule has 122 valence electrons. The number of hydrogen-bond acceptors (Lipinski definition) is 4. The van der Waals surface area contributed by atoms with Crippen LogP contribution in [0.5, 0.6) is 0 Å². The van der Waals surface area contributed by atoms with Crippen LogP contribution in [0, 0.1) is 6.92 Å². The van der Waals surface area contributed by atoms with Gasteiger partial charge < -0.3 is 4.90 Å². The van der Waals surface area contributed by atoms with Crippen molar-refractivity contribution in [3.63, 3.8) is 0 Å². The Bertz CT molecular complexity index is 852. The standard InChI is InChI=1S/C16H18ClN3O2S/c1-11-4-3-8-18-16(11)23(21,22)19-15-13-10-20(2)9-7-12(13)5-6-14(15)17/h3-6,8,19H,7,9-10H2,1-2H3. The van der Waals surface area contributed by atoms with E-state index in [1.807, 2.05) is 13.1 Å². The normalized spacial score (nSPS) is 15.3. The van der Waals surface area contributed by atoms with Crippen LogP contribution >= 0.6 is 11.6 Å². The summed E-state index contributed by atoms with van der Waals surface area (Å²) in [6.45, 7) is 3.33. The van der Waals surface area contributed by atoms with E-state index in [4.69, 9.17) is 11.6 Å². The number of anilines is 1. The Balaban J connectivity index is 2.05. The first kappa shape index (κ1) is 16.2. The lowest BCUT2D eigenvalue weighted by atomic mass is 9.98. The topological polar surface area (TPSA) is 62.3 Å². The number of fused-ring (bicyclic) bond motifs is 1. The lowest BCUT2D eigenvalue weighted by Gasteiger charge is -2.27. The Labute approximate surface area is 141 Å². The molecule has 2 aromatic rings. The maximum absolute atomic E-state index is 12.7. The second-order valence-corrected chi connectivity index (χ2v) is 7.78. The Kier molecular flexibility index (Phi) is 4.31. The van der Waals surface area contributed by atoms with E-state index in [2.05, 4.69) is 14.6 Å². The highest BCUT2D eigenvalue weighted by Crippen LogP contribution is 2.34. The van der Waals surface area contributed by atoms with Gasteiger partial charge in [-0.25, -0.2) is 4.98 Å². The first-order chi connectivity index (χ1) is 10.9. The van der Waals surface area contributed by atoms with Crippen molar-refractivity contribution in [3.05, 3.63) is 52.2 Å². The molecule has 0 saturated heterocycles. The third kappa shape index (κ3) is 3.20. The van der Waals surface area contributed by atoms with Gasteiger partial charge in [0.1, 0.15) is 0 Å². The molecular weight excluding hydrogens is 334 g/mol. The van der Waals surface area contributed by atoms with Crippen LogP contribution in [0.1, 0.15) is 16.7 Å². The number of nitrogens with zero attached hydrogens (tertiary/aromatic N) is 2. The summed E-state index contributed by atoms with van der Waals surface area (Å²) in [6.07, 6.45) is 2.34. The Morgan fingerprint density at radius 1 is 1.30 bits per heavy atom. The fraction of sp³-hybridized carbons (Fsp3) is 0.312. The van der Waals surface area contributed by atoms with Gasteiger partial charge >= 0.3 is 0 Å². The van der Waals surface area contributed by atoms with E-state index in [-0.39, 0.29) is 5.03 Å². The largest absolute Gasteiger partial charge is 0.302 e. The van der Waals surface area contributed by atoms with Crippen LogP contribution in [0.25, 0.3) is 0 Å². The molecule has 3 rings (SSSR count). The number of nitrogens with one attached hydrogen (secondary N) is 1. The molecule has 1 aliphatic heterocycles. The van der Waals surface area contributed by atoms with E-state index < -0.39 is 10.0 Å². The lowest BCUT2D eigenvalue weighted by molar-refractivity contribution is 0.313. The van der Waals surface area contributed by atoms with Crippen molar-refractivity contribution in [2.45, 2.75) is 24.9 Å². The molecule has 7 heteroatoms. The summed E-state index contributed by atoms with van der Waals surface area (Å²) in [4.78, 5) is 6.14. The third-order valence-corrected chi connectivity index (χ3v) is 5.73. The highest BCUT2D eigenvalue weighted by Gasteiger charge is 2.24. The Morgan fingerprint density at radius 3 is 2.83 bits per heavy atom. The van der Waals surface area contributed by atoms with Crippen molar-refractivity contribution in [1.82, 2.24) is 9.88 Å². The number of benzene rings is 1. The molecule has 1 N–H and O–H groups in total. The summed E-state index contributed by atoms with van der Waals surface area (Å²) < 4.78 is 28.0. The van der Waals surface area contributed by atoms with Gasteiger partial charge in [0.25, 0.3) is 10.0 Å². The van der Waals surface area contributed by atoms with Crippen LogP contribution < -0.4 is 4.72 Å². The van der Waals surface area contributed by atoms with Crippen molar-refractivity contribution < 1.29 is 8.42 Å². The fourth-order valence-corrected chi connectivity index (χ4v) is 4.35. The Morgan fingerprint density at radius 2 is 2.09 bits per heavy atom. The predicted molar refractivity (Wildman–Crippen MR) is 91.3 cm³/mol. The smallest absolute Gasteiger partial charge is 0.279 e. The highest BCUT2D eigenvalue weighted by molar-refractivity contribution is 7.92. The van der Waals surface area contributed by atoms with Crippen LogP contribution in [0.2, 0.25) is 5.02 Å². The van der Waals surface area contributed by atoms with Gasteiger partial charge in [-0.05, 0) is 49.2 Å². The van der Waals surface area contributed by atoms with Crippen molar-refractivity contribution in [1.29, 1.82) is 0 Å². The van der Waals surface area contributed by atoms with Gasteiger partial charge in [-0.2, -0.15) is 8.42 Å². The summed E-state index contributed by atoms with van der Waals surface area (Å²) in [5, 5.41) is 0.425. The highest BCUT2D eigenvalue weighted by atomic mass is 35.5. The summed E-state index contributed by atoms with van der Waals surface area (Å²) in [5.41, 5.74) is 3.12. The molecule has 0 unspecified atom stereocenters. The van der Waals surface area contributed by atoms with E-state index in [0.29, 0.717) is 22.8 Å². The molecule has 0 aliphatic carbocycles. The van der Waals surface area contributed by atoms with Gasteiger partial charge in [0.15, 0.2) is 5.03 Å². The van der Waals surface area contributed by atoms with Gasteiger partial charge in [-0.15, -0.1) is 0 Å². The van der Waals surface area contributed by atoms with Gasteiger partial charge in [-0.1, -0.05) is 23.7 Å². The summed E-state index contributed by atoms with van der Waals surface area (Å²) in [7, 11) is -1.78. The number of hydrogen-bond donors (Lipinski definition) is 1. The molecule has 0 bridgehead atoms. The molecule has 0 atom stereocenters. The van der Waals surface area contributed by atoms with Gasteiger partial charge in [0.2, 0.25) is 0 Å². The molecule has 0 saturated carbocycles. The van der Waals surface area contributed by atoms with Crippen LogP contribution in [0.15, 0.2) is 35.5 Å². The molecule has 0 fully saturated rings. The van der Waals surface area contributed by atoms with Crippen LogP contribution in [-0.4, -0.2) is 31.9 Å².